The molecule has 1 aromatic carbocycles. The van der Waals surface area contributed by atoms with E-state index in [4.69, 9.17) is 11.6 Å². The molecule has 1 aromatic rings. The summed E-state index contributed by atoms with van der Waals surface area (Å²) in [5, 5.41) is 3.04. The largest absolute Gasteiger partial charge is 0.320 e. The molecule has 6 heteroatoms. The zero-order valence-electron chi connectivity index (χ0n) is 9.80. The van der Waals surface area contributed by atoms with Crippen LogP contribution in [0.4, 0.5) is 10.1 Å². The van der Waals surface area contributed by atoms with E-state index in [1.54, 1.807) is 7.05 Å². The first kappa shape index (κ1) is 13.0. The number of nitrogens with one attached hydrogen (secondary N) is 1. The number of rotatable bonds is 4. The van der Waals surface area contributed by atoms with Crippen molar-refractivity contribution in [3.05, 3.63) is 28.5 Å². The van der Waals surface area contributed by atoms with Gasteiger partial charge in [-0.1, -0.05) is 11.6 Å². The van der Waals surface area contributed by atoms with E-state index in [1.807, 2.05) is 0 Å². The van der Waals surface area contributed by atoms with E-state index in [2.05, 4.69) is 5.32 Å². The number of hydrogen-bond donors (Lipinski definition) is 1. The van der Waals surface area contributed by atoms with Gasteiger partial charge in [0.2, 0.25) is 0 Å². The van der Waals surface area contributed by atoms with Crippen molar-refractivity contribution in [2.24, 2.45) is 0 Å². The quantitative estimate of drug-likeness (QED) is 0.668. The van der Waals surface area contributed by atoms with Crippen molar-refractivity contribution in [1.82, 2.24) is 5.32 Å². The zero-order valence-corrected chi connectivity index (χ0v) is 10.6. The molecular weight excluding hydrogens is 259 g/mol. The number of amides is 1. The Labute approximate surface area is 109 Å². The van der Waals surface area contributed by atoms with Gasteiger partial charge in [0.25, 0.3) is 11.7 Å². The summed E-state index contributed by atoms with van der Waals surface area (Å²) in [6.07, 6.45) is 0.626. The number of anilines is 1. The number of ketones is 1. The van der Waals surface area contributed by atoms with Gasteiger partial charge in [-0.3, -0.25) is 9.59 Å². The molecule has 0 saturated carbocycles. The van der Waals surface area contributed by atoms with Gasteiger partial charge in [0.05, 0.1) is 16.3 Å². The van der Waals surface area contributed by atoms with E-state index in [9.17, 15) is 14.0 Å². The van der Waals surface area contributed by atoms with E-state index in [1.165, 1.54) is 6.07 Å². The lowest BCUT2D eigenvalue weighted by molar-refractivity contribution is -0.114. The first-order valence-corrected chi connectivity index (χ1v) is 5.94. The van der Waals surface area contributed by atoms with E-state index in [-0.39, 0.29) is 22.8 Å². The van der Waals surface area contributed by atoms with E-state index in [0.29, 0.717) is 13.0 Å². The SMILES string of the molecule is CNCCCN1C(=O)C(=O)c2c(Cl)ccc(F)c21. The molecule has 0 aromatic heterocycles. The van der Waals surface area contributed by atoms with Crippen LogP contribution in [0.15, 0.2) is 12.1 Å². The summed E-state index contributed by atoms with van der Waals surface area (Å²) in [6.45, 7) is 0.963. The Morgan fingerprint density at radius 3 is 2.78 bits per heavy atom. The lowest BCUT2D eigenvalue weighted by atomic mass is 10.1. The van der Waals surface area contributed by atoms with Crippen LogP contribution in [-0.4, -0.2) is 31.8 Å². The molecule has 1 N–H and O–H groups in total. The summed E-state index contributed by atoms with van der Waals surface area (Å²) >= 11 is 5.85. The zero-order chi connectivity index (χ0) is 13.3. The lowest BCUT2D eigenvalue weighted by Gasteiger charge is -2.16. The number of nitrogens with zero attached hydrogens (tertiary/aromatic N) is 1. The molecule has 1 amide bonds. The number of halogens is 2. The van der Waals surface area contributed by atoms with E-state index >= 15 is 0 Å². The van der Waals surface area contributed by atoms with Gasteiger partial charge in [-0.15, -0.1) is 0 Å². The summed E-state index contributed by atoms with van der Waals surface area (Å²) in [7, 11) is 1.78. The van der Waals surface area contributed by atoms with Crippen molar-refractivity contribution in [3.8, 4) is 0 Å². The maximum absolute atomic E-state index is 13.8. The van der Waals surface area contributed by atoms with E-state index < -0.39 is 17.5 Å². The molecule has 0 fully saturated rings. The Morgan fingerprint density at radius 2 is 2.11 bits per heavy atom. The lowest BCUT2D eigenvalue weighted by Crippen LogP contribution is -2.32. The molecule has 1 aliphatic rings. The number of hydrogen-bond acceptors (Lipinski definition) is 3. The maximum atomic E-state index is 13.8. The van der Waals surface area contributed by atoms with Crippen LogP contribution in [0.2, 0.25) is 5.02 Å². The minimum atomic E-state index is -0.737. The fourth-order valence-electron chi connectivity index (χ4n) is 1.98. The highest BCUT2D eigenvalue weighted by Gasteiger charge is 2.39. The van der Waals surface area contributed by atoms with Gasteiger partial charge >= 0.3 is 0 Å². The topological polar surface area (TPSA) is 49.4 Å². The van der Waals surface area contributed by atoms with Crippen LogP contribution in [0.25, 0.3) is 0 Å². The van der Waals surface area contributed by atoms with Gasteiger partial charge in [-0.05, 0) is 32.1 Å². The maximum Gasteiger partial charge on any atom is 0.299 e. The fraction of sp³-hybridized carbons (Fsp3) is 0.333. The first-order valence-electron chi connectivity index (χ1n) is 5.56. The standard InChI is InChI=1S/C12H12ClFN2O2/c1-15-5-2-6-16-10-8(14)4-3-7(13)9(10)11(17)12(16)18/h3-4,15H,2,5-6H2,1H3. The van der Waals surface area contributed by atoms with Crippen LogP contribution in [-0.2, 0) is 4.79 Å². The van der Waals surface area contributed by atoms with Gasteiger partial charge in [-0.25, -0.2) is 4.39 Å². The smallest absolute Gasteiger partial charge is 0.299 e. The number of carbonyl (C=O) groups is 2. The Morgan fingerprint density at radius 1 is 1.39 bits per heavy atom. The van der Waals surface area contributed by atoms with Gasteiger partial charge < -0.3 is 10.2 Å². The number of carbonyl (C=O) groups excluding carboxylic acids is 2. The molecule has 1 aliphatic heterocycles. The predicted octanol–water partition coefficient (Wildman–Crippen LogP) is 1.62. The van der Waals surface area contributed by atoms with Gasteiger partial charge in [0.1, 0.15) is 5.82 Å². The molecule has 4 nitrogen and oxygen atoms in total. The van der Waals surface area contributed by atoms with Gasteiger partial charge in [0, 0.05) is 6.54 Å². The molecule has 2 rings (SSSR count). The summed E-state index contributed by atoms with van der Waals surface area (Å²) < 4.78 is 13.8. The third-order valence-corrected chi connectivity index (χ3v) is 3.14. The second kappa shape index (κ2) is 5.04. The molecule has 0 radical (unpaired) electrons. The minimum absolute atomic E-state index is 0.00797. The molecule has 0 saturated heterocycles. The highest BCUT2D eigenvalue weighted by atomic mass is 35.5. The van der Waals surface area contributed by atoms with Crippen LogP contribution in [0, 0.1) is 5.82 Å². The third kappa shape index (κ3) is 2.00. The van der Waals surface area contributed by atoms with Gasteiger partial charge in [-0.2, -0.15) is 0 Å². The second-order valence-electron chi connectivity index (χ2n) is 4.00. The van der Waals surface area contributed by atoms with Crippen molar-refractivity contribution in [2.45, 2.75) is 6.42 Å². The Kier molecular flexibility index (Phi) is 3.63. The van der Waals surface area contributed by atoms with Crippen molar-refractivity contribution in [3.63, 3.8) is 0 Å². The Bertz CT molecular complexity index is 519. The fourth-order valence-corrected chi connectivity index (χ4v) is 2.22. The Hall–Kier alpha value is -1.46. The molecule has 0 atom stereocenters. The molecule has 1 heterocycles. The molecular formula is C12H12ClFN2O2. The molecule has 0 aliphatic carbocycles. The van der Waals surface area contributed by atoms with Crippen LogP contribution in [0.5, 0.6) is 0 Å². The van der Waals surface area contributed by atoms with Crippen molar-refractivity contribution in [2.75, 3.05) is 25.0 Å². The minimum Gasteiger partial charge on any atom is -0.320 e. The van der Waals surface area contributed by atoms with Crippen LogP contribution in [0.1, 0.15) is 16.8 Å². The average Bonchev–Trinajstić information content (AvgIpc) is 2.60. The van der Waals surface area contributed by atoms with E-state index in [0.717, 1.165) is 11.0 Å². The van der Waals surface area contributed by atoms with Crippen molar-refractivity contribution < 1.29 is 14.0 Å². The molecule has 18 heavy (non-hydrogen) atoms. The van der Waals surface area contributed by atoms with Crippen LogP contribution < -0.4 is 10.2 Å². The summed E-state index contributed by atoms with van der Waals surface area (Å²) in [6, 6.07) is 2.45. The van der Waals surface area contributed by atoms with Crippen LogP contribution >= 0.6 is 11.6 Å². The highest BCUT2D eigenvalue weighted by Crippen LogP contribution is 2.36. The van der Waals surface area contributed by atoms with Gasteiger partial charge in [0.15, 0.2) is 0 Å². The third-order valence-electron chi connectivity index (χ3n) is 2.82. The van der Waals surface area contributed by atoms with Crippen molar-refractivity contribution in [1.29, 1.82) is 0 Å². The van der Waals surface area contributed by atoms with Crippen molar-refractivity contribution >= 4 is 29.0 Å². The number of Topliss-reactive ketones (excluding diaryl/α,β-unsaturated/α-hetero) is 1. The Balaban J connectivity index is 2.39. The molecule has 0 spiro atoms. The first-order chi connectivity index (χ1) is 8.57. The normalized spacial score (nSPS) is 14.3. The summed E-state index contributed by atoms with van der Waals surface area (Å²) in [5.74, 6) is -2.05. The highest BCUT2D eigenvalue weighted by molar-refractivity contribution is 6.55. The molecule has 0 unspecified atom stereocenters. The monoisotopic (exact) mass is 270 g/mol. The average molecular weight is 271 g/mol. The number of benzene rings is 1. The van der Waals surface area contributed by atoms with Crippen LogP contribution in [0.3, 0.4) is 0 Å². The number of fused-ring (bicyclic) bond motifs is 1. The summed E-state index contributed by atoms with van der Waals surface area (Å²) in [5.41, 5.74) is -0.0141. The molecule has 96 valence electrons. The predicted molar refractivity (Wildman–Crippen MR) is 66.6 cm³/mol. The molecule has 0 bridgehead atoms. The summed E-state index contributed by atoms with van der Waals surface area (Å²) in [4.78, 5) is 24.7. The second-order valence-corrected chi connectivity index (χ2v) is 4.40.